The average Bonchev–Trinajstić information content (AvgIpc) is 3.12. The molecule has 3 aromatic rings. The topological polar surface area (TPSA) is 85.7 Å². The molecule has 38 heavy (non-hydrogen) atoms. The molecule has 2 aromatic carbocycles. The van der Waals surface area contributed by atoms with Crippen molar-refractivity contribution in [2.24, 2.45) is 0 Å². The standard InChI is InChI=1S/C26H25F3N4O4S/c1-16(34)37-23-13-18(38-26(27,28)29)7-8-21(23)33-22-9-11-30-20-14-32(12-10-19(31-33)24(20)22)25(35)36-15-17-5-3-2-4-6-17/h2-8,13,20,30H,9-12,14-15H2,1H3. The Kier molecular flexibility index (Phi) is 7.35. The van der Waals surface area contributed by atoms with Crippen LogP contribution in [0.5, 0.6) is 5.75 Å². The maximum absolute atomic E-state index is 12.9. The largest absolute Gasteiger partial charge is 0.446 e. The van der Waals surface area contributed by atoms with Gasteiger partial charge in [0.25, 0.3) is 0 Å². The lowest BCUT2D eigenvalue weighted by Gasteiger charge is -2.28. The smallest absolute Gasteiger partial charge is 0.445 e. The first-order chi connectivity index (χ1) is 18.2. The van der Waals surface area contributed by atoms with Crippen molar-refractivity contribution in [2.45, 2.75) is 42.8 Å². The Labute approximate surface area is 221 Å². The quantitative estimate of drug-likeness (QED) is 0.280. The molecule has 0 saturated heterocycles. The number of hydrogen-bond acceptors (Lipinski definition) is 7. The summed E-state index contributed by atoms with van der Waals surface area (Å²) in [7, 11) is 0. The van der Waals surface area contributed by atoms with Gasteiger partial charge >= 0.3 is 17.6 Å². The summed E-state index contributed by atoms with van der Waals surface area (Å²) in [6, 6.07) is 13.3. The Balaban J connectivity index is 1.40. The van der Waals surface area contributed by atoms with Crippen molar-refractivity contribution >= 4 is 23.8 Å². The van der Waals surface area contributed by atoms with E-state index in [4.69, 9.17) is 14.6 Å². The van der Waals surface area contributed by atoms with Crippen molar-refractivity contribution in [3.8, 4) is 11.4 Å². The second kappa shape index (κ2) is 10.7. The van der Waals surface area contributed by atoms with Gasteiger partial charge in [0, 0.05) is 49.9 Å². The number of esters is 1. The third-order valence-corrected chi connectivity index (χ3v) is 7.05. The molecule has 0 spiro atoms. The Hall–Kier alpha value is -3.51. The highest BCUT2D eigenvalue weighted by Gasteiger charge is 2.35. The lowest BCUT2D eigenvalue weighted by Crippen LogP contribution is -2.41. The van der Waals surface area contributed by atoms with E-state index in [1.165, 1.54) is 25.1 Å². The number of aromatic nitrogens is 2. The van der Waals surface area contributed by atoms with Crippen LogP contribution in [0.1, 0.15) is 35.5 Å². The minimum Gasteiger partial charge on any atom is -0.445 e. The molecular formula is C26H25F3N4O4S. The van der Waals surface area contributed by atoms with E-state index in [0.29, 0.717) is 38.2 Å². The molecular weight excluding hydrogens is 521 g/mol. The fourth-order valence-electron chi connectivity index (χ4n) is 4.80. The summed E-state index contributed by atoms with van der Waals surface area (Å²) in [5.74, 6) is -0.645. The van der Waals surface area contributed by atoms with Crippen molar-refractivity contribution in [3.63, 3.8) is 0 Å². The van der Waals surface area contributed by atoms with Crippen LogP contribution in [0, 0.1) is 0 Å². The van der Waals surface area contributed by atoms with Gasteiger partial charge in [0.2, 0.25) is 0 Å². The maximum Gasteiger partial charge on any atom is 0.446 e. The van der Waals surface area contributed by atoms with Crippen LogP contribution in [0.25, 0.3) is 5.69 Å². The normalized spacial score (nSPS) is 16.9. The van der Waals surface area contributed by atoms with Gasteiger partial charge in [-0.15, -0.1) is 0 Å². The third kappa shape index (κ3) is 5.81. The zero-order chi connectivity index (χ0) is 26.9. The van der Waals surface area contributed by atoms with E-state index in [0.717, 1.165) is 22.5 Å². The van der Waals surface area contributed by atoms with Crippen LogP contribution in [0.4, 0.5) is 18.0 Å². The highest BCUT2D eigenvalue weighted by Crippen LogP contribution is 2.40. The Morgan fingerprint density at radius 3 is 2.68 bits per heavy atom. The number of halogens is 3. The van der Waals surface area contributed by atoms with Gasteiger partial charge in [-0.2, -0.15) is 18.3 Å². The number of nitrogens with zero attached hydrogens (tertiary/aromatic N) is 3. The summed E-state index contributed by atoms with van der Waals surface area (Å²) < 4.78 is 51.3. The minimum atomic E-state index is -4.48. The van der Waals surface area contributed by atoms with Gasteiger partial charge in [-0.25, -0.2) is 9.48 Å². The van der Waals surface area contributed by atoms with Crippen LogP contribution in [-0.2, 0) is 29.0 Å². The molecule has 0 aliphatic carbocycles. The number of hydrogen-bond donors (Lipinski definition) is 1. The molecule has 1 aromatic heterocycles. The molecule has 5 rings (SSSR count). The zero-order valence-corrected chi connectivity index (χ0v) is 21.3. The van der Waals surface area contributed by atoms with Gasteiger partial charge in [-0.05, 0) is 35.5 Å². The van der Waals surface area contributed by atoms with E-state index >= 15 is 0 Å². The van der Waals surface area contributed by atoms with E-state index in [2.05, 4.69) is 5.32 Å². The minimum absolute atomic E-state index is 0.00172. The fourth-order valence-corrected chi connectivity index (χ4v) is 5.37. The first-order valence-corrected chi connectivity index (χ1v) is 12.9. The first kappa shape index (κ1) is 26.1. The molecule has 12 heteroatoms. The van der Waals surface area contributed by atoms with E-state index in [9.17, 15) is 22.8 Å². The van der Waals surface area contributed by atoms with E-state index in [1.54, 1.807) is 9.58 Å². The van der Waals surface area contributed by atoms with Gasteiger partial charge in [0.1, 0.15) is 12.3 Å². The molecule has 0 saturated carbocycles. The molecule has 3 heterocycles. The van der Waals surface area contributed by atoms with E-state index in [-0.39, 0.29) is 35.1 Å². The van der Waals surface area contributed by atoms with Gasteiger partial charge in [0.05, 0.1) is 17.4 Å². The highest BCUT2D eigenvalue weighted by molar-refractivity contribution is 8.00. The zero-order valence-electron chi connectivity index (χ0n) is 20.5. The monoisotopic (exact) mass is 546 g/mol. The molecule has 0 radical (unpaired) electrons. The summed E-state index contributed by atoms with van der Waals surface area (Å²) in [4.78, 5) is 26.2. The van der Waals surface area contributed by atoms with Gasteiger partial charge in [0.15, 0.2) is 5.75 Å². The number of benzene rings is 2. The van der Waals surface area contributed by atoms with Crippen molar-refractivity contribution in [1.29, 1.82) is 0 Å². The van der Waals surface area contributed by atoms with Crippen LogP contribution >= 0.6 is 11.8 Å². The average molecular weight is 547 g/mol. The summed E-state index contributed by atoms with van der Waals surface area (Å²) in [6.45, 7) is 2.77. The van der Waals surface area contributed by atoms with Crippen LogP contribution in [0.15, 0.2) is 53.4 Å². The van der Waals surface area contributed by atoms with E-state index < -0.39 is 17.6 Å². The lowest BCUT2D eigenvalue weighted by atomic mass is 9.98. The predicted molar refractivity (Wildman–Crippen MR) is 133 cm³/mol. The molecule has 2 aliphatic rings. The van der Waals surface area contributed by atoms with Crippen LogP contribution in [0.2, 0.25) is 0 Å². The van der Waals surface area contributed by atoms with Crippen LogP contribution in [-0.4, -0.2) is 51.9 Å². The number of nitrogens with one attached hydrogen (secondary N) is 1. The number of thioether (sulfide) groups is 1. The molecule has 1 unspecified atom stereocenters. The third-order valence-electron chi connectivity index (χ3n) is 6.33. The first-order valence-electron chi connectivity index (χ1n) is 12.1. The number of amides is 1. The number of rotatable bonds is 5. The van der Waals surface area contributed by atoms with Crippen LogP contribution in [0.3, 0.4) is 0 Å². The molecule has 1 N–H and O–H groups in total. The molecule has 1 amide bonds. The molecule has 0 bridgehead atoms. The lowest BCUT2D eigenvalue weighted by molar-refractivity contribution is -0.131. The molecule has 8 nitrogen and oxygen atoms in total. The fraction of sp³-hybridized carbons (Fsp3) is 0.346. The summed E-state index contributed by atoms with van der Waals surface area (Å²) in [5, 5.41) is 8.23. The second-order valence-corrected chi connectivity index (χ2v) is 10.1. The van der Waals surface area contributed by atoms with Crippen molar-refractivity contribution < 1.29 is 32.2 Å². The Bertz CT molecular complexity index is 1350. The van der Waals surface area contributed by atoms with E-state index in [1.807, 2.05) is 30.3 Å². The van der Waals surface area contributed by atoms with Gasteiger partial charge in [-0.1, -0.05) is 30.3 Å². The number of carbonyl (C=O) groups is 2. The van der Waals surface area contributed by atoms with Gasteiger partial charge < -0.3 is 19.7 Å². The predicted octanol–water partition coefficient (Wildman–Crippen LogP) is 4.79. The number of carbonyl (C=O) groups excluding carboxylic acids is 2. The summed E-state index contributed by atoms with van der Waals surface area (Å²) >= 11 is -0.277. The molecule has 1 atom stereocenters. The Morgan fingerprint density at radius 2 is 1.95 bits per heavy atom. The van der Waals surface area contributed by atoms with Crippen molar-refractivity contribution in [1.82, 2.24) is 20.0 Å². The Morgan fingerprint density at radius 1 is 1.16 bits per heavy atom. The van der Waals surface area contributed by atoms with Crippen molar-refractivity contribution in [2.75, 3.05) is 19.6 Å². The summed E-state index contributed by atoms with van der Waals surface area (Å²) in [6.07, 6.45) is 0.671. The summed E-state index contributed by atoms with van der Waals surface area (Å²) in [5.41, 5.74) is -0.592. The number of ether oxygens (including phenoxy) is 2. The molecule has 2 aliphatic heterocycles. The van der Waals surface area contributed by atoms with Crippen LogP contribution < -0.4 is 10.1 Å². The molecule has 200 valence electrons. The second-order valence-electron chi connectivity index (χ2n) is 8.98. The number of alkyl halides is 3. The van der Waals surface area contributed by atoms with Crippen molar-refractivity contribution in [3.05, 3.63) is 71.0 Å². The van der Waals surface area contributed by atoms with Gasteiger partial charge in [-0.3, -0.25) is 4.79 Å². The highest BCUT2D eigenvalue weighted by atomic mass is 32.2. The SMILES string of the molecule is CC(=O)Oc1cc(SC(F)(F)F)ccc1-n1nc2c3c1CCNC3CN(C(=O)OCc1ccccc1)CC2. The maximum atomic E-state index is 12.9. The molecule has 0 fully saturated rings.